The molecule has 0 aromatic carbocycles. The van der Waals surface area contributed by atoms with Gasteiger partial charge in [-0.3, -0.25) is 0 Å². The molecule has 13 heavy (non-hydrogen) atoms. The molecule has 0 heterocycles. The highest BCUT2D eigenvalue weighted by molar-refractivity contribution is 4.89. The van der Waals surface area contributed by atoms with Crippen molar-refractivity contribution in [2.75, 3.05) is 19.6 Å². The molecule has 0 amide bonds. The van der Waals surface area contributed by atoms with E-state index in [2.05, 4.69) is 0 Å². The van der Waals surface area contributed by atoms with E-state index < -0.39 is 0 Å². The topological polar surface area (TPSA) is 78.1 Å². The third-order valence-electron chi connectivity index (χ3n) is 2.22. The van der Waals surface area contributed by atoms with Gasteiger partial charge in [-0.2, -0.15) is 0 Å². The van der Waals surface area contributed by atoms with Gasteiger partial charge in [-0.05, 0) is 57.7 Å². The minimum atomic E-state index is 0.766. The minimum Gasteiger partial charge on any atom is -0.330 e. The molecule has 0 bridgehead atoms. The molecule has 0 saturated carbocycles. The normalized spacial score (nSPS) is 11.1. The maximum absolute atomic E-state index is 5.53. The van der Waals surface area contributed by atoms with E-state index in [0.717, 1.165) is 45.3 Å². The Morgan fingerprint density at radius 3 is 1.77 bits per heavy atom. The summed E-state index contributed by atoms with van der Waals surface area (Å²) in [6, 6.07) is 0. The van der Waals surface area contributed by atoms with E-state index in [0.29, 0.717) is 0 Å². The van der Waals surface area contributed by atoms with Crippen LogP contribution in [0.15, 0.2) is 0 Å². The Bertz CT molecular complexity index is 96.2. The zero-order valence-corrected chi connectivity index (χ0v) is 8.60. The Morgan fingerprint density at radius 1 is 0.615 bits per heavy atom. The van der Waals surface area contributed by atoms with E-state index >= 15 is 0 Å². The first-order valence-electron chi connectivity index (χ1n) is 5.29. The van der Waals surface area contributed by atoms with Crippen molar-refractivity contribution in [2.45, 2.75) is 38.5 Å². The molecule has 0 saturated heterocycles. The molecule has 0 aliphatic carbocycles. The van der Waals surface area contributed by atoms with Crippen molar-refractivity contribution in [3.8, 4) is 0 Å². The standard InChI is InChI=1S/C10H24N3/c11-7-2-1-4-10(6-9-13)5-3-8-12/h1-9,11-13H2. The molecule has 79 valence electrons. The van der Waals surface area contributed by atoms with Gasteiger partial charge in [-0.25, -0.2) is 0 Å². The van der Waals surface area contributed by atoms with Crippen molar-refractivity contribution in [2.24, 2.45) is 17.2 Å². The van der Waals surface area contributed by atoms with Gasteiger partial charge >= 0.3 is 0 Å². The highest BCUT2D eigenvalue weighted by Gasteiger charge is 2.06. The summed E-state index contributed by atoms with van der Waals surface area (Å²) < 4.78 is 0. The summed E-state index contributed by atoms with van der Waals surface area (Å²) >= 11 is 0. The fraction of sp³-hybridized carbons (Fsp3) is 0.900. The molecule has 0 rings (SSSR count). The monoisotopic (exact) mass is 186 g/mol. The smallest absolute Gasteiger partial charge is 0.00718 e. The van der Waals surface area contributed by atoms with Crippen LogP contribution in [0.1, 0.15) is 38.5 Å². The second-order valence-corrected chi connectivity index (χ2v) is 3.43. The number of nitrogens with two attached hydrogens (primary N) is 3. The summed E-state index contributed by atoms with van der Waals surface area (Å²) in [7, 11) is 0. The predicted octanol–water partition coefficient (Wildman–Crippen LogP) is 0.778. The average molecular weight is 186 g/mol. The maximum Gasteiger partial charge on any atom is -0.00718 e. The summed E-state index contributed by atoms with van der Waals surface area (Å²) in [6.07, 6.45) is 6.82. The Balaban J connectivity index is 3.41. The third kappa shape index (κ3) is 8.22. The van der Waals surface area contributed by atoms with Gasteiger partial charge in [0.2, 0.25) is 0 Å². The van der Waals surface area contributed by atoms with Gasteiger partial charge in [0.25, 0.3) is 0 Å². The average Bonchev–Trinajstić information content (AvgIpc) is 2.14. The van der Waals surface area contributed by atoms with Crippen LogP contribution in [0.3, 0.4) is 0 Å². The van der Waals surface area contributed by atoms with Crippen LogP contribution in [0.4, 0.5) is 0 Å². The van der Waals surface area contributed by atoms with Gasteiger partial charge in [0, 0.05) is 0 Å². The molecule has 0 fully saturated rings. The van der Waals surface area contributed by atoms with Crippen LogP contribution >= 0.6 is 0 Å². The largest absolute Gasteiger partial charge is 0.330 e. The Morgan fingerprint density at radius 2 is 1.23 bits per heavy atom. The summed E-state index contributed by atoms with van der Waals surface area (Å²) in [4.78, 5) is 0. The van der Waals surface area contributed by atoms with Gasteiger partial charge in [0.05, 0.1) is 0 Å². The molecule has 0 aliphatic heterocycles. The Labute approximate surface area is 82.0 Å². The first-order valence-corrected chi connectivity index (χ1v) is 5.29. The summed E-state index contributed by atoms with van der Waals surface area (Å²) in [5.74, 6) is 1.57. The third-order valence-corrected chi connectivity index (χ3v) is 2.22. The van der Waals surface area contributed by atoms with Crippen LogP contribution < -0.4 is 17.2 Å². The number of rotatable bonds is 9. The fourth-order valence-corrected chi connectivity index (χ4v) is 1.45. The minimum absolute atomic E-state index is 0.766. The molecule has 6 N–H and O–H groups in total. The van der Waals surface area contributed by atoms with Crippen molar-refractivity contribution < 1.29 is 0 Å². The number of unbranched alkanes of at least 4 members (excludes halogenated alkanes) is 1. The SMILES string of the molecule is NCCCC[C](CCN)CCCN. The van der Waals surface area contributed by atoms with E-state index in [4.69, 9.17) is 17.2 Å². The molecule has 3 heteroatoms. The Hall–Kier alpha value is -0.120. The highest BCUT2D eigenvalue weighted by atomic mass is 14.5. The van der Waals surface area contributed by atoms with Gasteiger partial charge in [0.15, 0.2) is 0 Å². The molecule has 0 aromatic heterocycles. The second-order valence-electron chi connectivity index (χ2n) is 3.43. The molecule has 3 nitrogen and oxygen atoms in total. The Kier molecular flexibility index (Phi) is 9.87. The highest BCUT2D eigenvalue weighted by Crippen LogP contribution is 2.19. The molecule has 0 aliphatic rings. The lowest BCUT2D eigenvalue weighted by atomic mass is 9.93. The predicted molar refractivity (Wildman–Crippen MR) is 58.1 cm³/mol. The summed E-state index contributed by atoms with van der Waals surface area (Å²) in [5, 5.41) is 0. The van der Waals surface area contributed by atoms with Crippen LogP contribution in [0.25, 0.3) is 0 Å². The molecule has 0 atom stereocenters. The van der Waals surface area contributed by atoms with Gasteiger partial charge in [0.1, 0.15) is 0 Å². The fourth-order valence-electron chi connectivity index (χ4n) is 1.45. The van der Waals surface area contributed by atoms with Crippen molar-refractivity contribution in [3.63, 3.8) is 0 Å². The van der Waals surface area contributed by atoms with Gasteiger partial charge < -0.3 is 17.2 Å². The van der Waals surface area contributed by atoms with Crippen molar-refractivity contribution in [1.82, 2.24) is 0 Å². The molecule has 0 aromatic rings. The maximum atomic E-state index is 5.53. The van der Waals surface area contributed by atoms with Crippen LogP contribution in [-0.2, 0) is 0 Å². The van der Waals surface area contributed by atoms with E-state index in [1.165, 1.54) is 12.8 Å². The van der Waals surface area contributed by atoms with Crippen LogP contribution in [0.5, 0.6) is 0 Å². The van der Waals surface area contributed by atoms with E-state index in [-0.39, 0.29) is 0 Å². The molecule has 1 radical (unpaired) electrons. The van der Waals surface area contributed by atoms with Crippen molar-refractivity contribution >= 4 is 0 Å². The molecule has 0 unspecified atom stereocenters. The van der Waals surface area contributed by atoms with Crippen LogP contribution in [-0.4, -0.2) is 19.6 Å². The molecule has 0 spiro atoms. The van der Waals surface area contributed by atoms with E-state index in [1.54, 1.807) is 5.92 Å². The molecular weight excluding hydrogens is 162 g/mol. The lowest BCUT2D eigenvalue weighted by molar-refractivity contribution is 0.592. The van der Waals surface area contributed by atoms with E-state index in [9.17, 15) is 0 Å². The van der Waals surface area contributed by atoms with Gasteiger partial charge in [-0.1, -0.05) is 6.42 Å². The van der Waals surface area contributed by atoms with E-state index in [1.807, 2.05) is 0 Å². The summed E-state index contributed by atoms with van der Waals surface area (Å²) in [6.45, 7) is 2.35. The first kappa shape index (κ1) is 12.9. The zero-order chi connectivity index (χ0) is 9.94. The van der Waals surface area contributed by atoms with Gasteiger partial charge in [-0.15, -0.1) is 0 Å². The molecular formula is C10H24N3. The number of hydrogen-bond acceptors (Lipinski definition) is 3. The first-order chi connectivity index (χ1) is 6.35. The lowest BCUT2D eigenvalue weighted by Gasteiger charge is -2.14. The zero-order valence-electron chi connectivity index (χ0n) is 8.60. The number of hydrogen-bond donors (Lipinski definition) is 3. The van der Waals surface area contributed by atoms with Crippen LogP contribution in [0.2, 0.25) is 0 Å². The second kappa shape index (κ2) is 9.96. The van der Waals surface area contributed by atoms with Crippen molar-refractivity contribution in [3.05, 3.63) is 5.92 Å². The lowest BCUT2D eigenvalue weighted by Crippen LogP contribution is -2.10. The summed E-state index contributed by atoms with van der Waals surface area (Å²) in [5.41, 5.74) is 16.4. The quantitative estimate of drug-likeness (QED) is 0.466. The van der Waals surface area contributed by atoms with Crippen LogP contribution in [0, 0.1) is 5.92 Å². The van der Waals surface area contributed by atoms with Crippen molar-refractivity contribution in [1.29, 1.82) is 0 Å².